The molecule has 35 heavy (non-hydrogen) atoms. The van der Waals surface area contributed by atoms with E-state index in [0.29, 0.717) is 22.9 Å². The number of carbonyl (C=O) groups excluding carboxylic acids is 1. The number of sulfonamides is 1. The molecule has 2 N–H and O–H groups in total. The summed E-state index contributed by atoms with van der Waals surface area (Å²) in [6.07, 6.45) is -0.750. The largest absolute Gasteiger partial charge is 0.497 e. The number of hydrogen-bond donors (Lipinski definition) is 2. The fraction of sp³-hybridized carbons (Fsp3) is 0.269. The van der Waals surface area contributed by atoms with Crippen LogP contribution in [0.25, 0.3) is 0 Å². The minimum Gasteiger partial charge on any atom is -0.497 e. The van der Waals surface area contributed by atoms with Gasteiger partial charge in [0, 0.05) is 11.8 Å². The van der Waals surface area contributed by atoms with E-state index in [1.54, 1.807) is 19.1 Å². The molecule has 3 aromatic rings. The Labute approximate surface area is 206 Å². The van der Waals surface area contributed by atoms with Crippen LogP contribution >= 0.6 is 0 Å². The second-order valence-corrected chi connectivity index (χ2v) is 9.83. The van der Waals surface area contributed by atoms with E-state index < -0.39 is 16.1 Å². The smallest absolute Gasteiger partial charge is 0.265 e. The van der Waals surface area contributed by atoms with Gasteiger partial charge in [-0.05, 0) is 86.8 Å². The summed E-state index contributed by atoms with van der Waals surface area (Å²) in [5, 5.41) is 2.76. The van der Waals surface area contributed by atoms with Crippen LogP contribution in [0.3, 0.4) is 0 Å². The van der Waals surface area contributed by atoms with E-state index in [9.17, 15) is 13.2 Å². The fourth-order valence-electron chi connectivity index (χ4n) is 3.43. The van der Waals surface area contributed by atoms with E-state index in [0.717, 1.165) is 16.7 Å². The summed E-state index contributed by atoms with van der Waals surface area (Å²) in [6, 6.07) is 14.6. The minimum atomic E-state index is -3.91. The third-order valence-corrected chi connectivity index (χ3v) is 6.90. The molecule has 186 valence electrons. The summed E-state index contributed by atoms with van der Waals surface area (Å²) in [7, 11) is -0.973. The number of rotatable bonds is 9. The van der Waals surface area contributed by atoms with Crippen LogP contribution in [0, 0.1) is 20.8 Å². The van der Waals surface area contributed by atoms with Gasteiger partial charge in [-0.25, -0.2) is 8.42 Å². The first kappa shape index (κ1) is 25.9. The Bertz CT molecular complexity index is 1320. The van der Waals surface area contributed by atoms with Gasteiger partial charge in [0.15, 0.2) is 6.10 Å². The number of ether oxygens (including phenoxy) is 3. The number of aryl methyl sites for hydroxylation is 2. The maximum atomic E-state index is 12.9. The molecule has 0 radical (unpaired) electrons. The van der Waals surface area contributed by atoms with Crippen LogP contribution in [0.4, 0.5) is 11.4 Å². The standard InChI is InChI=1S/C26H30N2O6S/c1-16-13-17(2)18(3)25(14-16)34-19(4)26(29)27-20-7-10-22(11-8-20)35(30,31)28-23-15-21(32-5)9-12-24(23)33-6/h7-15,19,28H,1-6H3,(H,27,29)/t19-/m0/s1. The predicted molar refractivity (Wildman–Crippen MR) is 136 cm³/mol. The first-order chi connectivity index (χ1) is 16.5. The van der Waals surface area contributed by atoms with Crippen LogP contribution in [-0.4, -0.2) is 34.6 Å². The van der Waals surface area contributed by atoms with E-state index >= 15 is 0 Å². The second-order valence-electron chi connectivity index (χ2n) is 8.15. The summed E-state index contributed by atoms with van der Waals surface area (Å²) >= 11 is 0. The molecule has 9 heteroatoms. The molecule has 0 heterocycles. The summed E-state index contributed by atoms with van der Waals surface area (Å²) in [6.45, 7) is 7.58. The molecular weight excluding hydrogens is 468 g/mol. The van der Waals surface area contributed by atoms with E-state index in [2.05, 4.69) is 16.1 Å². The van der Waals surface area contributed by atoms with E-state index in [1.165, 1.54) is 44.6 Å². The van der Waals surface area contributed by atoms with Crippen molar-refractivity contribution in [3.8, 4) is 17.2 Å². The maximum Gasteiger partial charge on any atom is 0.265 e. The zero-order valence-corrected chi connectivity index (χ0v) is 21.4. The molecule has 3 rings (SSSR count). The zero-order chi connectivity index (χ0) is 25.8. The SMILES string of the molecule is COc1ccc(OC)c(NS(=O)(=O)c2ccc(NC(=O)[C@H](C)Oc3cc(C)cc(C)c3C)cc2)c1. The molecule has 0 spiro atoms. The van der Waals surface area contributed by atoms with Gasteiger partial charge in [-0.1, -0.05) is 6.07 Å². The molecule has 0 aliphatic rings. The zero-order valence-electron chi connectivity index (χ0n) is 20.6. The highest BCUT2D eigenvalue weighted by Crippen LogP contribution is 2.31. The average Bonchev–Trinajstić information content (AvgIpc) is 2.82. The number of nitrogens with one attached hydrogen (secondary N) is 2. The van der Waals surface area contributed by atoms with E-state index in [1.807, 2.05) is 26.8 Å². The van der Waals surface area contributed by atoms with Crippen molar-refractivity contribution in [2.45, 2.75) is 38.7 Å². The van der Waals surface area contributed by atoms with Crippen molar-refractivity contribution in [1.29, 1.82) is 0 Å². The van der Waals surface area contributed by atoms with Crippen molar-refractivity contribution in [1.82, 2.24) is 0 Å². The molecule has 0 fully saturated rings. The lowest BCUT2D eigenvalue weighted by Crippen LogP contribution is -2.30. The van der Waals surface area contributed by atoms with Crippen molar-refractivity contribution < 1.29 is 27.4 Å². The first-order valence-corrected chi connectivity index (χ1v) is 12.4. The molecule has 0 saturated heterocycles. The Balaban J connectivity index is 1.70. The molecule has 3 aromatic carbocycles. The maximum absolute atomic E-state index is 12.9. The molecule has 0 aromatic heterocycles. The number of benzene rings is 3. The molecule has 8 nitrogen and oxygen atoms in total. The Morgan fingerprint density at radius 1 is 0.886 bits per heavy atom. The quantitative estimate of drug-likeness (QED) is 0.438. The third kappa shape index (κ3) is 6.24. The minimum absolute atomic E-state index is 0.0236. The Hall–Kier alpha value is -3.72. The van der Waals surface area contributed by atoms with Gasteiger partial charge in [0.25, 0.3) is 15.9 Å². The van der Waals surface area contributed by atoms with Crippen molar-refractivity contribution >= 4 is 27.3 Å². The Morgan fingerprint density at radius 3 is 2.20 bits per heavy atom. The van der Waals surface area contributed by atoms with Crippen LogP contribution in [0.1, 0.15) is 23.6 Å². The summed E-state index contributed by atoms with van der Waals surface area (Å²) in [5.74, 6) is 1.14. The van der Waals surface area contributed by atoms with E-state index in [-0.39, 0.29) is 16.5 Å². The second kappa shape index (κ2) is 10.7. The number of anilines is 2. The molecule has 0 aliphatic heterocycles. The topological polar surface area (TPSA) is 103 Å². The summed E-state index contributed by atoms with van der Waals surface area (Å²) in [5.41, 5.74) is 3.81. The van der Waals surface area contributed by atoms with Gasteiger partial charge < -0.3 is 19.5 Å². The fourth-order valence-corrected chi connectivity index (χ4v) is 4.49. The third-order valence-electron chi connectivity index (χ3n) is 5.52. The molecular formula is C26H30N2O6S. The molecule has 1 amide bonds. The average molecular weight is 499 g/mol. The molecule has 1 atom stereocenters. The van der Waals surface area contributed by atoms with Crippen LogP contribution < -0.4 is 24.2 Å². The number of amides is 1. The molecule has 0 aliphatic carbocycles. The molecule has 0 saturated carbocycles. The van der Waals surface area contributed by atoms with Crippen molar-refractivity contribution in [2.24, 2.45) is 0 Å². The van der Waals surface area contributed by atoms with Crippen molar-refractivity contribution in [3.63, 3.8) is 0 Å². The lowest BCUT2D eigenvalue weighted by molar-refractivity contribution is -0.122. The number of methoxy groups -OCH3 is 2. The lowest BCUT2D eigenvalue weighted by Gasteiger charge is -2.18. The highest BCUT2D eigenvalue weighted by Gasteiger charge is 2.19. The summed E-state index contributed by atoms with van der Waals surface area (Å²) in [4.78, 5) is 12.7. The molecule has 0 bridgehead atoms. The van der Waals surface area contributed by atoms with Crippen LogP contribution in [-0.2, 0) is 14.8 Å². The van der Waals surface area contributed by atoms with Crippen molar-refractivity contribution in [2.75, 3.05) is 24.3 Å². The first-order valence-electron chi connectivity index (χ1n) is 10.9. The lowest BCUT2D eigenvalue weighted by atomic mass is 10.1. The Morgan fingerprint density at radius 2 is 1.57 bits per heavy atom. The van der Waals surface area contributed by atoms with Crippen LogP contribution in [0.5, 0.6) is 17.2 Å². The highest BCUT2D eigenvalue weighted by atomic mass is 32.2. The van der Waals surface area contributed by atoms with Gasteiger partial charge in [-0.3, -0.25) is 9.52 Å². The predicted octanol–water partition coefficient (Wildman–Crippen LogP) is 4.84. The Kier molecular flexibility index (Phi) is 7.91. The van der Waals surface area contributed by atoms with Gasteiger partial charge in [-0.15, -0.1) is 0 Å². The van der Waals surface area contributed by atoms with Gasteiger partial charge >= 0.3 is 0 Å². The van der Waals surface area contributed by atoms with Crippen molar-refractivity contribution in [3.05, 3.63) is 71.3 Å². The number of carbonyl (C=O) groups is 1. The summed E-state index contributed by atoms with van der Waals surface area (Å²) < 4.78 is 44.6. The normalized spacial score (nSPS) is 11.9. The van der Waals surface area contributed by atoms with E-state index in [4.69, 9.17) is 14.2 Å². The van der Waals surface area contributed by atoms with Gasteiger partial charge in [0.2, 0.25) is 0 Å². The van der Waals surface area contributed by atoms with Gasteiger partial charge in [-0.2, -0.15) is 0 Å². The molecule has 0 unspecified atom stereocenters. The van der Waals surface area contributed by atoms with Gasteiger partial charge in [0.05, 0.1) is 24.8 Å². The van der Waals surface area contributed by atoms with Crippen LogP contribution in [0.15, 0.2) is 59.5 Å². The van der Waals surface area contributed by atoms with Crippen LogP contribution in [0.2, 0.25) is 0 Å². The van der Waals surface area contributed by atoms with Gasteiger partial charge in [0.1, 0.15) is 17.2 Å². The highest BCUT2D eigenvalue weighted by molar-refractivity contribution is 7.92. The number of hydrogen-bond acceptors (Lipinski definition) is 6. The monoisotopic (exact) mass is 498 g/mol.